The largest absolute Gasteiger partial charge is 0.501 e. The van der Waals surface area contributed by atoms with Gasteiger partial charge in [-0.2, -0.15) is 0 Å². The van der Waals surface area contributed by atoms with Gasteiger partial charge in [0.2, 0.25) is 0 Å². The first-order valence-corrected chi connectivity index (χ1v) is 6.93. The third kappa shape index (κ3) is 3.74. The van der Waals surface area contributed by atoms with Crippen LogP contribution in [0.5, 0.6) is 0 Å². The molecule has 0 bridgehead atoms. The molecule has 0 aromatic rings. The zero-order valence-corrected chi connectivity index (χ0v) is 12.0. The molecule has 0 heterocycles. The molecule has 2 atom stereocenters. The smallest absolute Gasteiger partial charge is 0.0984 e. The van der Waals surface area contributed by atoms with Crippen molar-refractivity contribution in [2.45, 2.75) is 59.5 Å². The molecule has 0 spiro atoms. The minimum absolute atomic E-state index is 0.139. The van der Waals surface area contributed by atoms with Gasteiger partial charge in [0.1, 0.15) is 0 Å². The van der Waals surface area contributed by atoms with Crippen LogP contribution in [0, 0.1) is 17.8 Å². The van der Waals surface area contributed by atoms with Crippen molar-refractivity contribution in [3.05, 3.63) is 11.3 Å². The molecule has 1 N–H and O–H groups in total. The predicted octanol–water partition coefficient (Wildman–Crippen LogP) is 3.75. The Bertz CT molecular complexity index is 256. The molecule has 2 heteroatoms. The Hall–Kier alpha value is -0.500. The van der Waals surface area contributed by atoms with Crippen molar-refractivity contribution in [3.8, 4) is 0 Å². The summed E-state index contributed by atoms with van der Waals surface area (Å²) in [4.78, 5) is 0. The number of hydrogen-bond donors (Lipinski definition) is 1. The summed E-state index contributed by atoms with van der Waals surface area (Å²) in [6, 6.07) is 0. The summed E-state index contributed by atoms with van der Waals surface area (Å²) in [5.41, 5.74) is 1.42. The standard InChI is InChI=1S/C15H28O2/c1-10(2)14(11(3)4)15(17-5)12-7-6-8-13(16)9-12/h10-13,16H,6-9H2,1-5H3. The lowest BCUT2D eigenvalue weighted by atomic mass is 9.80. The van der Waals surface area contributed by atoms with Crippen LogP contribution in [0.25, 0.3) is 0 Å². The highest BCUT2D eigenvalue weighted by Crippen LogP contribution is 2.36. The van der Waals surface area contributed by atoms with E-state index in [9.17, 15) is 5.11 Å². The molecule has 0 aromatic carbocycles. The minimum atomic E-state index is -0.139. The molecule has 17 heavy (non-hydrogen) atoms. The SMILES string of the molecule is COC(=C(C(C)C)C(C)C)C1CCCC(O)C1. The van der Waals surface area contributed by atoms with Crippen molar-refractivity contribution >= 4 is 0 Å². The van der Waals surface area contributed by atoms with E-state index in [0.717, 1.165) is 31.4 Å². The lowest BCUT2D eigenvalue weighted by Gasteiger charge is -2.31. The van der Waals surface area contributed by atoms with E-state index in [4.69, 9.17) is 4.74 Å². The number of aliphatic hydroxyl groups is 1. The van der Waals surface area contributed by atoms with Crippen LogP contribution in [0.4, 0.5) is 0 Å². The maximum absolute atomic E-state index is 9.80. The number of ether oxygens (including phenoxy) is 1. The average Bonchev–Trinajstić information content (AvgIpc) is 2.24. The molecule has 2 unspecified atom stereocenters. The van der Waals surface area contributed by atoms with E-state index >= 15 is 0 Å². The number of allylic oxidation sites excluding steroid dienone is 2. The fraction of sp³-hybridized carbons (Fsp3) is 0.867. The van der Waals surface area contributed by atoms with Gasteiger partial charge in [-0.25, -0.2) is 0 Å². The van der Waals surface area contributed by atoms with Crippen LogP contribution in [-0.4, -0.2) is 18.3 Å². The van der Waals surface area contributed by atoms with E-state index in [2.05, 4.69) is 27.7 Å². The van der Waals surface area contributed by atoms with E-state index in [-0.39, 0.29) is 6.10 Å². The molecule has 0 aliphatic heterocycles. The second-order valence-corrected chi connectivity index (χ2v) is 5.85. The zero-order chi connectivity index (χ0) is 13.0. The van der Waals surface area contributed by atoms with Crippen LogP contribution in [0.15, 0.2) is 11.3 Å². The Morgan fingerprint density at radius 1 is 1.12 bits per heavy atom. The highest BCUT2D eigenvalue weighted by Gasteiger charge is 2.28. The second kappa shape index (κ2) is 6.44. The van der Waals surface area contributed by atoms with Crippen molar-refractivity contribution in [1.82, 2.24) is 0 Å². The molecule has 100 valence electrons. The monoisotopic (exact) mass is 240 g/mol. The number of aliphatic hydroxyl groups excluding tert-OH is 1. The van der Waals surface area contributed by atoms with Gasteiger partial charge in [0, 0.05) is 5.92 Å². The van der Waals surface area contributed by atoms with Crippen molar-refractivity contribution in [2.24, 2.45) is 17.8 Å². The first-order valence-electron chi connectivity index (χ1n) is 6.93. The van der Waals surface area contributed by atoms with Crippen LogP contribution < -0.4 is 0 Å². The topological polar surface area (TPSA) is 29.5 Å². The highest BCUT2D eigenvalue weighted by molar-refractivity contribution is 5.16. The summed E-state index contributed by atoms with van der Waals surface area (Å²) in [7, 11) is 1.78. The third-order valence-corrected chi connectivity index (χ3v) is 3.77. The summed E-state index contributed by atoms with van der Waals surface area (Å²) in [5, 5.41) is 9.80. The average molecular weight is 240 g/mol. The minimum Gasteiger partial charge on any atom is -0.501 e. The maximum atomic E-state index is 9.80. The first-order chi connectivity index (χ1) is 7.97. The quantitative estimate of drug-likeness (QED) is 0.758. The summed E-state index contributed by atoms with van der Waals surface area (Å²) in [6.45, 7) is 8.92. The van der Waals surface area contributed by atoms with Crippen LogP contribution in [0.2, 0.25) is 0 Å². The van der Waals surface area contributed by atoms with Gasteiger partial charge in [0.25, 0.3) is 0 Å². The molecule has 0 radical (unpaired) electrons. The van der Waals surface area contributed by atoms with Crippen LogP contribution in [0.3, 0.4) is 0 Å². The van der Waals surface area contributed by atoms with Crippen LogP contribution >= 0.6 is 0 Å². The van der Waals surface area contributed by atoms with Gasteiger partial charge >= 0.3 is 0 Å². The van der Waals surface area contributed by atoms with E-state index in [0.29, 0.717) is 17.8 Å². The molecule has 1 fully saturated rings. The summed E-state index contributed by atoms with van der Waals surface area (Å²) in [5.74, 6) is 2.60. The van der Waals surface area contributed by atoms with Gasteiger partial charge in [-0.1, -0.05) is 34.1 Å². The molecular formula is C15H28O2. The Labute approximate surface area is 106 Å². The lowest BCUT2D eigenvalue weighted by Crippen LogP contribution is -2.24. The van der Waals surface area contributed by atoms with Gasteiger partial charge in [0.05, 0.1) is 19.0 Å². The highest BCUT2D eigenvalue weighted by atomic mass is 16.5. The van der Waals surface area contributed by atoms with Gasteiger partial charge in [0.15, 0.2) is 0 Å². The fourth-order valence-electron chi connectivity index (χ4n) is 3.16. The number of rotatable bonds is 4. The fourth-order valence-corrected chi connectivity index (χ4v) is 3.16. The Balaban J connectivity index is 2.97. The molecule has 2 nitrogen and oxygen atoms in total. The van der Waals surface area contributed by atoms with Crippen LogP contribution in [-0.2, 0) is 4.74 Å². The van der Waals surface area contributed by atoms with Gasteiger partial charge in [-0.15, -0.1) is 0 Å². The molecule has 1 saturated carbocycles. The zero-order valence-electron chi connectivity index (χ0n) is 12.0. The molecule has 0 aromatic heterocycles. The van der Waals surface area contributed by atoms with Crippen LogP contribution in [0.1, 0.15) is 53.4 Å². The lowest BCUT2D eigenvalue weighted by molar-refractivity contribution is 0.0882. The Morgan fingerprint density at radius 2 is 1.71 bits per heavy atom. The van der Waals surface area contributed by atoms with Crippen molar-refractivity contribution in [3.63, 3.8) is 0 Å². The summed E-state index contributed by atoms with van der Waals surface area (Å²) in [6.07, 6.45) is 3.95. The van der Waals surface area contributed by atoms with Gasteiger partial charge < -0.3 is 9.84 Å². The second-order valence-electron chi connectivity index (χ2n) is 5.85. The third-order valence-electron chi connectivity index (χ3n) is 3.77. The van der Waals surface area contributed by atoms with E-state index in [1.807, 2.05) is 0 Å². The molecule has 1 aliphatic rings. The number of hydrogen-bond acceptors (Lipinski definition) is 2. The molecular weight excluding hydrogens is 212 g/mol. The van der Waals surface area contributed by atoms with Crippen molar-refractivity contribution in [2.75, 3.05) is 7.11 Å². The van der Waals surface area contributed by atoms with E-state index in [1.54, 1.807) is 7.11 Å². The number of methoxy groups -OCH3 is 1. The molecule has 1 aliphatic carbocycles. The molecule has 0 amide bonds. The summed E-state index contributed by atoms with van der Waals surface area (Å²) >= 11 is 0. The molecule has 0 saturated heterocycles. The van der Waals surface area contributed by atoms with Gasteiger partial charge in [-0.05, 0) is 36.7 Å². The van der Waals surface area contributed by atoms with E-state index < -0.39 is 0 Å². The summed E-state index contributed by atoms with van der Waals surface area (Å²) < 4.78 is 5.69. The van der Waals surface area contributed by atoms with E-state index in [1.165, 1.54) is 5.57 Å². The molecule has 1 rings (SSSR count). The van der Waals surface area contributed by atoms with Crippen molar-refractivity contribution in [1.29, 1.82) is 0 Å². The first kappa shape index (κ1) is 14.6. The van der Waals surface area contributed by atoms with Gasteiger partial charge in [-0.3, -0.25) is 0 Å². The van der Waals surface area contributed by atoms with Crippen molar-refractivity contribution < 1.29 is 9.84 Å². The predicted molar refractivity (Wildman–Crippen MR) is 71.7 cm³/mol. The Morgan fingerprint density at radius 3 is 2.12 bits per heavy atom. The normalized spacial score (nSPS) is 25.2. The Kier molecular flexibility index (Phi) is 5.51. The maximum Gasteiger partial charge on any atom is 0.0984 e.